The van der Waals surface area contributed by atoms with Crippen LogP contribution in [-0.2, 0) is 6.42 Å². The minimum atomic E-state index is 0.203. The van der Waals surface area contributed by atoms with Gasteiger partial charge in [-0.1, -0.05) is 36.7 Å². The number of hydrogen-bond acceptors (Lipinski definition) is 3. The van der Waals surface area contributed by atoms with Crippen LogP contribution in [0.25, 0.3) is 0 Å². The van der Waals surface area contributed by atoms with Crippen LogP contribution in [0.3, 0.4) is 0 Å². The van der Waals surface area contributed by atoms with E-state index in [9.17, 15) is 0 Å². The van der Waals surface area contributed by atoms with Crippen LogP contribution in [0.15, 0.2) is 30.3 Å². The normalized spacial score (nSPS) is 12.4. The van der Waals surface area contributed by atoms with Crippen molar-refractivity contribution in [1.82, 2.24) is 15.5 Å². The van der Waals surface area contributed by atoms with E-state index in [-0.39, 0.29) is 6.04 Å². The standard InChI is InChI=1S/C16H20ClN3/c1-4-18-16(10-13-7-5-6-8-15(13)17)14-9-11(2)19-20-12(14)3/h5-9,16,18H,4,10H2,1-3H3. The molecule has 1 aromatic carbocycles. The summed E-state index contributed by atoms with van der Waals surface area (Å²) in [6.07, 6.45) is 0.847. The summed E-state index contributed by atoms with van der Waals surface area (Å²) in [5.41, 5.74) is 4.24. The first-order valence-electron chi connectivity index (χ1n) is 6.89. The van der Waals surface area contributed by atoms with Gasteiger partial charge in [-0.3, -0.25) is 0 Å². The van der Waals surface area contributed by atoms with Crippen molar-refractivity contribution in [2.45, 2.75) is 33.2 Å². The molecule has 0 aliphatic carbocycles. The van der Waals surface area contributed by atoms with Gasteiger partial charge >= 0.3 is 0 Å². The second-order valence-corrected chi connectivity index (χ2v) is 5.34. The third-order valence-corrected chi connectivity index (χ3v) is 3.72. The fourth-order valence-corrected chi connectivity index (χ4v) is 2.56. The van der Waals surface area contributed by atoms with E-state index in [0.717, 1.165) is 34.9 Å². The summed E-state index contributed by atoms with van der Waals surface area (Å²) in [7, 11) is 0. The third-order valence-electron chi connectivity index (χ3n) is 3.35. The molecule has 0 spiro atoms. The van der Waals surface area contributed by atoms with Crippen molar-refractivity contribution in [3.63, 3.8) is 0 Å². The van der Waals surface area contributed by atoms with Crippen LogP contribution in [0.1, 0.15) is 35.5 Å². The van der Waals surface area contributed by atoms with E-state index in [1.807, 2.05) is 32.0 Å². The van der Waals surface area contributed by atoms with Crippen molar-refractivity contribution in [3.05, 3.63) is 57.9 Å². The zero-order valence-corrected chi connectivity index (χ0v) is 12.9. The molecule has 0 aliphatic rings. The maximum absolute atomic E-state index is 6.27. The second-order valence-electron chi connectivity index (χ2n) is 4.93. The van der Waals surface area contributed by atoms with E-state index in [4.69, 9.17) is 11.6 Å². The Kier molecular flexibility index (Phi) is 5.10. The van der Waals surface area contributed by atoms with Crippen LogP contribution < -0.4 is 5.32 Å². The van der Waals surface area contributed by atoms with E-state index in [0.29, 0.717) is 0 Å². The molecule has 1 atom stereocenters. The predicted octanol–water partition coefficient (Wildman–Crippen LogP) is 3.64. The molecule has 1 unspecified atom stereocenters. The lowest BCUT2D eigenvalue weighted by molar-refractivity contribution is 0.542. The molecule has 0 saturated carbocycles. The number of nitrogens with one attached hydrogen (secondary N) is 1. The molecule has 0 saturated heterocycles. The maximum atomic E-state index is 6.27. The summed E-state index contributed by atoms with van der Waals surface area (Å²) < 4.78 is 0. The van der Waals surface area contributed by atoms with Gasteiger partial charge in [-0.2, -0.15) is 10.2 Å². The zero-order chi connectivity index (χ0) is 14.5. The highest BCUT2D eigenvalue weighted by Gasteiger charge is 2.16. The number of halogens is 1. The van der Waals surface area contributed by atoms with Gasteiger partial charge in [0.15, 0.2) is 0 Å². The molecule has 0 amide bonds. The predicted molar refractivity (Wildman–Crippen MR) is 83.1 cm³/mol. The Morgan fingerprint density at radius 2 is 1.95 bits per heavy atom. The van der Waals surface area contributed by atoms with Gasteiger partial charge < -0.3 is 5.32 Å². The fourth-order valence-electron chi connectivity index (χ4n) is 2.35. The first kappa shape index (κ1) is 14.9. The molecule has 0 fully saturated rings. The molecule has 106 valence electrons. The van der Waals surface area contributed by atoms with E-state index in [2.05, 4.69) is 34.6 Å². The third kappa shape index (κ3) is 3.56. The first-order valence-corrected chi connectivity index (χ1v) is 7.27. The molecular formula is C16H20ClN3. The van der Waals surface area contributed by atoms with Crippen molar-refractivity contribution in [1.29, 1.82) is 0 Å². The average molecular weight is 290 g/mol. The van der Waals surface area contributed by atoms with Crippen molar-refractivity contribution in [3.8, 4) is 0 Å². The summed E-state index contributed by atoms with van der Waals surface area (Å²) in [5, 5.41) is 12.7. The number of aryl methyl sites for hydroxylation is 2. The smallest absolute Gasteiger partial charge is 0.0648 e. The minimum absolute atomic E-state index is 0.203. The number of hydrogen-bond donors (Lipinski definition) is 1. The monoisotopic (exact) mass is 289 g/mol. The Morgan fingerprint density at radius 3 is 2.65 bits per heavy atom. The topological polar surface area (TPSA) is 37.8 Å². The summed E-state index contributed by atoms with van der Waals surface area (Å²) in [5.74, 6) is 0. The van der Waals surface area contributed by atoms with E-state index < -0.39 is 0 Å². The molecular weight excluding hydrogens is 270 g/mol. The molecule has 0 aliphatic heterocycles. The number of nitrogens with zero attached hydrogens (tertiary/aromatic N) is 2. The van der Waals surface area contributed by atoms with Gasteiger partial charge in [-0.15, -0.1) is 0 Å². The molecule has 1 heterocycles. The Hall–Kier alpha value is -1.45. The van der Waals surface area contributed by atoms with Gasteiger partial charge in [0.2, 0.25) is 0 Å². The van der Waals surface area contributed by atoms with Crippen LogP contribution in [0.2, 0.25) is 5.02 Å². The van der Waals surface area contributed by atoms with E-state index >= 15 is 0 Å². The van der Waals surface area contributed by atoms with Gasteiger partial charge in [-0.05, 0) is 50.1 Å². The van der Waals surface area contributed by atoms with Crippen LogP contribution >= 0.6 is 11.6 Å². The van der Waals surface area contributed by atoms with Crippen molar-refractivity contribution in [2.24, 2.45) is 0 Å². The Balaban J connectivity index is 2.32. The van der Waals surface area contributed by atoms with Crippen molar-refractivity contribution < 1.29 is 0 Å². The number of aromatic nitrogens is 2. The highest BCUT2D eigenvalue weighted by atomic mass is 35.5. The lowest BCUT2D eigenvalue weighted by atomic mass is 9.97. The van der Waals surface area contributed by atoms with Gasteiger partial charge in [0.1, 0.15) is 0 Å². The fraction of sp³-hybridized carbons (Fsp3) is 0.375. The van der Waals surface area contributed by atoms with Crippen LogP contribution in [0.4, 0.5) is 0 Å². The van der Waals surface area contributed by atoms with Crippen molar-refractivity contribution in [2.75, 3.05) is 6.54 Å². The van der Waals surface area contributed by atoms with Crippen LogP contribution in [0.5, 0.6) is 0 Å². The number of rotatable bonds is 5. The largest absolute Gasteiger partial charge is 0.310 e. The van der Waals surface area contributed by atoms with Gasteiger partial charge in [0, 0.05) is 11.1 Å². The highest BCUT2D eigenvalue weighted by molar-refractivity contribution is 6.31. The van der Waals surface area contributed by atoms with Crippen LogP contribution in [-0.4, -0.2) is 16.7 Å². The SMILES string of the molecule is CCNC(Cc1ccccc1Cl)c1cc(C)nnc1C. The lowest BCUT2D eigenvalue weighted by Gasteiger charge is -2.20. The summed E-state index contributed by atoms with van der Waals surface area (Å²) in [6, 6.07) is 10.3. The maximum Gasteiger partial charge on any atom is 0.0648 e. The molecule has 2 rings (SSSR count). The molecule has 2 aromatic rings. The number of likely N-dealkylation sites (N-methyl/N-ethyl adjacent to an activating group) is 1. The molecule has 0 radical (unpaired) electrons. The lowest BCUT2D eigenvalue weighted by Crippen LogP contribution is -2.24. The van der Waals surface area contributed by atoms with Crippen molar-refractivity contribution >= 4 is 11.6 Å². The second kappa shape index (κ2) is 6.82. The summed E-state index contributed by atoms with van der Waals surface area (Å²) in [6.45, 7) is 6.97. The van der Waals surface area contributed by atoms with E-state index in [1.165, 1.54) is 5.56 Å². The van der Waals surface area contributed by atoms with Gasteiger partial charge in [0.05, 0.1) is 11.4 Å². The molecule has 4 heteroatoms. The van der Waals surface area contributed by atoms with E-state index in [1.54, 1.807) is 0 Å². The first-order chi connectivity index (χ1) is 9.61. The summed E-state index contributed by atoms with van der Waals surface area (Å²) in [4.78, 5) is 0. The average Bonchev–Trinajstić information content (AvgIpc) is 2.43. The van der Waals surface area contributed by atoms with Gasteiger partial charge in [-0.25, -0.2) is 0 Å². The minimum Gasteiger partial charge on any atom is -0.310 e. The molecule has 1 N–H and O–H groups in total. The Morgan fingerprint density at radius 1 is 1.20 bits per heavy atom. The highest BCUT2D eigenvalue weighted by Crippen LogP contribution is 2.25. The zero-order valence-electron chi connectivity index (χ0n) is 12.2. The Bertz CT molecular complexity index is 584. The molecule has 20 heavy (non-hydrogen) atoms. The Labute approximate surface area is 125 Å². The summed E-state index contributed by atoms with van der Waals surface area (Å²) >= 11 is 6.27. The molecule has 0 bridgehead atoms. The van der Waals surface area contributed by atoms with Crippen LogP contribution in [0, 0.1) is 13.8 Å². The van der Waals surface area contributed by atoms with Gasteiger partial charge in [0.25, 0.3) is 0 Å². The molecule has 1 aromatic heterocycles. The number of benzene rings is 1. The molecule has 3 nitrogen and oxygen atoms in total. The quantitative estimate of drug-likeness (QED) is 0.913.